The first kappa shape index (κ1) is 10.4. The first-order valence-corrected chi connectivity index (χ1v) is 6.33. The summed E-state index contributed by atoms with van der Waals surface area (Å²) in [4.78, 5) is 0. The van der Waals surface area contributed by atoms with Gasteiger partial charge in [-0.3, -0.25) is 0 Å². The molecule has 14 heavy (non-hydrogen) atoms. The molecule has 1 heterocycles. The summed E-state index contributed by atoms with van der Waals surface area (Å²) in [6.07, 6.45) is 8.43. The van der Waals surface area contributed by atoms with Crippen LogP contribution in [0.3, 0.4) is 0 Å². The van der Waals surface area contributed by atoms with Crippen LogP contribution in [0.15, 0.2) is 0 Å². The van der Waals surface area contributed by atoms with Gasteiger partial charge in [-0.15, -0.1) is 0 Å². The van der Waals surface area contributed by atoms with Crippen molar-refractivity contribution in [2.45, 2.75) is 57.5 Å². The summed E-state index contributed by atoms with van der Waals surface area (Å²) < 4.78 is 0. The van der Waals surface area contributed by atoms with E-state index in [2.05, 4.69) is 17.6 Å². The molecule has 0 spiro atoms. The van der Waals surface area contributed by atoms with Crippen LogP contribution in [0.1, 0.15) is 45.4 Å². The summed E-state index contributed by atoms with van der Waals surface area (Å²) in [5.74, 6) is 0.894. The Hall–Kier alpha value is -0.0800. The van der Waals surface area contributed by atoms with E-state index in [0.717, 1.165) is 18.0 Å². The molecule has 2 rings (SSSR count). The van der Waals surface area contributed by atoms with Gasteiger partial charge in [0.05, 0.1) is 0 Å². The largest absolute Gasteiger partial charge is 0.315 e. The molecule has 0 aromatic heterocycles. The molecule has 2 fully saturated rings. The van der Waals surface area contributed by atoms with Crippen LogP contribution in [-0.2, 0) is 0 Å². The second-order valence-electron chi connectivity index (χ2n) is 5.08. The van der Waals surface area contributed by atoms with Crippen molar-refractivity contribution in [1.82, 2.24) is 10.6 Å². The molecule has 0 radical (unpaired) electrons. The fraction of sp³-hybridized carbons (Fsp3) is 1.00. The molecule has 2 aliphatic rings. The van der Waals surface area contributed by atoms with Crippen LogP contribution < -0.4 is 10.6 Å². The molecule has 2 nitrogen and oxygen atoms in total. The van der Waals surface area contributed by atoms with Crippen molar-refractivity contribution in [2.24, 2.45) is 5.92 Å². The van der Waals surface area contributed by atoms with E-state index in [0.29, 0.717) is 0 Å². The standard InChI is InChI=1S/C12H24N2/c1-10-5-2-3-7-12(10)14-11-6-4-8-13-9-11/h10-14H,2-9H2,1H3. The summed E-state index contributed by atoms with van der Waals surface area (Å²) in [5, 5.41) is 7.32. The van der Waals surface area contributed by atoms with E-state index >= 15 is 0 Å². The zero-order chi connectivity index (χ0) is 9.80. The normalized spacial score (nSPS) is 39.6. The molecule has 82 valence electrons. The Balaban J connectivity index is 1.76. The zero-order valence-electron chi connectivity index (χ0n) is 9.39. The van der Waals surface area contributed by atoms with Gasteiger partial charge in [-0.25, -0.2) is 0 Å². The molecule has 3 unspecified atom stereocenters. The Bertz CT molecular complexity index is 164. The third kappa shape index (κ3) is 2.71. The van der Waals surface area contributed by atoms with Gasteiger partial charge in [-0.2, -0.15) is 0 Å². The summed E-state index contributed by atoms with van der Waals surface area (Å²) in [5.41, 5.74) is 0. The van der Waals surface area contributed by atoms with Crippen molar-refractivity contribution in [1.29, 1.82) is 0 Å². The Kier molecular flexibility index (Phi) is 3.82. The van der Waals surface area contributed by atoms with Crippen LogP contribution in [0.2, 0.25) is 0 Å². The molecule has 2 N–H and O–H groups in total. The summed E-state index contributed by atoms with van der Waals surface area (Å²) in [6.45, 7) is 4.81. The molecule has 2 heteroatoms. The number of nitrogens with one attached hydrogen (secondary N) is 2. The maximum absolute atomic E-state index is 3.85. The van der Waals surface area contributed by atoms with Crippen LogP contribution in [0.5, 0.6) is 0 Å². The minimum atomic E-state index is 0.745. The van der Waals surface area contributed by atoms with E-state index in [9.17, 15) is 0 Å². The van der Waals surface area contributed by atoms with Crippen LogP contribution in [0.4, 0.5) is 0 Å². The fourth-order valence-electron chi connectivity index (χ4n) is 2.86. The summed E-state index contributed by atoms with van der Waals surface area (Å²) >= 11 is 0. The van der Waals surface area contributed by atoms with Crippen molar-refractivity contribution in [3.8, 4) is 0 Å². The minimum Gasteiger partial charge on any atom is -0.315 e. The Labute approximate surface area is 87.8 Å². The molecular weight excluding hydrogens is 172 g/mol. The highest BCUT2D eigenvalue weighted by Crippen LogP contribution is 2.24. The molecule has 1 saturated heterocycles. The van der Waals surface area contributed by atoms with Gasteiger partial charge < -0.3 is 10.6 Å². The second kappa shape index (κ2) is 5.13. The molecule has 1 saturated carbocycles. The van der Waals surface area contributed by atoms with E-state index in [1.165, 1.54) is 51.6 Å². The molecule has 0 bridgehead atoms. The maximum atomic E-state index is 3.85. The van der Waals surface area contributed by atoms with Crippen LogP contribution in [0, 0.1) is 5.92 Å². The van der Waals surface area contributed by atoms with Crippen molar-refractivity contribution in [3.63, 3.8) is 0 Å². The molecule has 0 aromatic rings. The third-order valence-corrected chi connectivity index (χ3v) is 3.86. The highest BCUT2D eigenvalue weighted by molar-refractivity contribution is 4.84. The average Bonchev–Trinajstić information content (AvgIpc) is 2.23. The van der Waals surface area contributed by atoms with E-state index in [1.54, 1.807) is 0 Å². The van der Waals surface area contributed by atoms with Gasteiger partial charge in [0.1, 0.15) is 0 Å². The molecule has 1 aliphatic heterocycles. The lowest BCUT2D eigenvalue weighted by Gasteiger charge is -2.35. The average molecular weight is 196 g/mol. The monoisotopic (exact) mass is 196 g/mol. The number of hydrogen-bond acceptors (Lipinski definition) is 2. The molecule has 0 aromatic carbocycles. The Morgan fingerprint density at radius 2 is 1.93 bits per heavy atom. The van der Waals surface area contributed by atoms with Crippen molar-refractivity contribution in [2.75, 3.05) is 13.1 Å². The predicted molar refractivity (Wildman–Crippen MR) is 60.4 cm³/mol. The molecular formula is C12H24N2. The smallest absolute Gasteiger partial charge is 0.0195 e. The van der Waals surface area contributed by atoms with Crippen LogP contribution >= 0.6 is 0 Å². The summed E-state index contributed by atoms with van der Waals surface area (Å²) in [7, 11) is 0. The first-order chi connectivity index (χ1) is 6.86. The maximum Gasteiger partial charge on any atom is 0.0195 e. The Morgan fingerprint density at radius 3 is 2.64 bits per heavy atom. The summed E-state index contributed by atoms with van der Waals surface area (Å²) in [6, 6.07) is 1.54. The fourth-order valence-corrected chi connectivity index (χ4v) is 2.86. The number of rotatable bonds is 2. The van der Waals surface area contributed by atoms with Gasteiger partial charge in [-0.1, -0.05) is 19.8 Å². The van der Waals surface area contributed by atoms with E-state index in [-0.39, 0.29) is 0 Å². The van der Waals surface area contributed by atoms with Crippen LogP contribution in [-0.4, -0.2) is 25.2 Å². The van der Waals surface area contributed by atoms with E-state index in [1.807, 2.05) is 0 Å². The van der Waals surface area contributed by atoms with E-state index in [4.69, 9.17) is 0 Å². The lowest BCUT2D eigenvalue weighted by atomic mass is 9.85. The van der Waals surface area contributed by atoms with Gasteiger partial charge >= 0.3 is 0 Å². The van der Waals surface area contributed by atoms with E-state index < -0.39 is 0 Å². The quantitative estimate of drug-likeness (QED) is 0.705. The number of piperidine rings is 1. The van der Waals surface area contributed by atoms with Gasteiger partial charge in [0.25, 0.3) is 0 Å². The third-order valence-electron chi connectivity index (χ3n) is 3.86. The van der Waals surface area contributed by atoms with Crippen molar-refractivity contribution in [3.05, 3.63) is 0 Å². The van der Waals surface area contributed by atoms with Crippen LogP contribution in [0.25, 0.3) is 0 Å². The minimum absolute atomic E-state index is 0.745. The Morgan fingerprint density at radius 1 is 1.07 bits per heavy atom. The molecule has 0 amide bonds. The lowest BCUT2D eigenvalue weighted by molar-refractivity contribution is 0.240. The topological polar surface area (TPSA) is 24.1 Å². The van der Waals surface area contributed by atoms with Gasteiger partial charge in [-0.05, 0) is 38.1 Å². The van der Waals surface area contributed by atoms with Gasteiger partial charge in [0.15, 0.2) is 0 Å². The second-order valence-corrected chi connectivity index (χ2v) is 5.08. The van der Waals surface area contributed by atoms with Crippen molar-refractivity contribution >= 4 is 0 Å². The van der Waals surface area contributed by atoms with Gasteiger partial charge in [0, 0.05) is 18.6 Å². The van der Waals surface area contributed by atoms with Crippen molar-refractivity contribution < 1.29 is 0 Å². The highest BCUT2D eigenvalue weighted by atomic mass is 15.0. The predicted octanol–water partition coefficient (Wildman–Crippen LogP) is 1.91. The molecule has 3 atom stereocenters. The SMILES string of the molecule is CC1CCCCC1NC1CCCNC1. The zero-order valence-corrected chi connectivity index (χ0v) is 9.39. The van der Waals surface area contributed by atoms with Gasteiger partial charge in [0.2, 0.25) is 0 Å². The highest BCUT2D eigenvalue weighted by Gasteiger charge is 2.24. The first-order valence-electron chi connectivity index (χ1n) is 6.33. The lowest BCUT2D eigenvalue weighted by Crippen LogP contribution is -2.50. The number of hydrogen-bond donors (Lipinski definition) is 2. The molecule has 1 aliphatic carbocycles.